The zero-order chi connectivity index (χ0) is 18.6. The van der Waals surface area contributed by atoms with Gasteiger partial charge in [0.25, 0.3) is 0 Å². The zero-order valence-electron chi connectivity index (χ0n) is 16.3. The molecule has 0 spiro atoms. The van der Waals surface area contributed by atoms with Gasteiger partial charge in [0, 0.05) is 6.54 Å². The van der Waals surface area contributed by atoms with Crippen molar-refractivity contribution in [2.24, 2.45) is 17.8 Å². The van der Waals surface area contributed by atoms with E-state index in [4.69, 9.17) is 0 Å². The minimum Gasteiger partial charge on any atom is -0.211 e. The second-order valence-corrected chi connectivity index (χ2v) is 9.25. The van der Waals surface area contributed by atoms with E-state index >= 15 is 0 Å². The van der Waals surface area contributed by atoms with Crippen LogP contribution >= 0.6 is 0 Å². The molecule has 0 amide bonds. The number of allylic oxidation sites excluding steroid dienone is 2. The van der Waals surface area contributed by atoms with Crippen LogP contribution in [0, 0.1) is 24.7 Å². The molecular formula is C21H33NO2S. The van der Waals surface area contributed by atoms with Gasteiger partial charge in [-0.1, -0.05) is 42.7 Å². The third-order valence-corrected chi connectivity index (χ3v) is 7.31. The van der Waals surface area contributed by atoms with Gasteiger partial charge in [0.15, 0.2) is 0 Å². The van der Waals surface area contributed by atoms with E-state index in [1.807, 2.05) is 19.1 Å². The van der Waals surface area contributed by atoms with Crippen molar-refractivity contribution in [2.45, 2.75) is 65.2 Å². The van der Waals surface area contributed by atoms with Gasteiger partial charge in [-0.3, -0.25) is 0 Å². The van der Waals surface area contributed by atoms with Gasteiger partial charge in [-0.25, -0.2) is 13.1 Å². The minimum absolute atomic E-state index is 0.353. The summed E-state index contributed by atoms with van der Waals surface area (Å²) in [6.45, 7) is 11.5. The van der Waals surface area contributed by atoms with Crippen molar-refractivity contribution in [1.29, 1.82) is 0 Å². The van der Waals surface area contributed by atoms with E-state index in [0.29, 0.717) is 29.2 Å². The lowest BCUT2D eigenvalue weighted by molar-refractivity contribution is 0.556. The average Bonchev–Trinajstić information content (AvgIpc) is 3.35. The molecule has 0 aliphatic heterocycles. The van der Waals surface area contributed by atoms with Crippen molar-refractivity contribution < 1.29 is 8.42 Å². The summed E-state index contributed by atoms with van der Waals surface area (Å²) in [5.41, 5.74) is 4.16. The fraction of sp³-hybridized carbons (Fsp3) is 0.619. The highest BCUT2D eigenvalue weighted by molar-refractivity contribution is 7.89. The largest absolute Gasteiger partial charge is 0.240 e. The average molecular weight is 364 g/mol. The molecule has 25 heavy (non-hydrogen) atoms. The van der Waals surface area contributed by atoms with Crippen molar-refractivity contribution in [1.82, 2.24) is 4.72 Å². The molecule has 2 unspecified atom stereocenters. The van der Waals surface area contributed by atoms with Crippen LogP contribution in [-0.2, 0) is 10.0 Å². The van der Waals surface area contributed by atoms with Crippen LogP contribution < -0.4 is 4.72 Å². The third kappa shape index (κ3) is 5.18. The maximum absolute atomic E-state index is 12.3. The summed E-state index contributed by atoms with van der Waals surface area (Å²) in [7, 11) is -3.38. The fourth-order valence-electron chi connectivity index (χ4n) is 3.79. The van der Waals surface area contributed by atoms with Crippen molar-refractivity contribution in [2.75, 3.05) is 6.54 Å². The van der Waals surface area contributed by atoms with E-state index in [0.717, 1.165) is 12.0 Å². The molecule has 2 atom stereocenters. The number of rotatable bonds is 9. The van der Waals surface area contributed by atoms with Gasteiger partial charge in [0.2, 0.25) is 10.0 Å². The predicted octanol–water partition coefficient (Wildman–Crippen LogP) is 5.07. The summed E-state index contributed by atoms with van der Waals surface area (Å²) in [6, 6.07) is 7.01. The highest BCUT2D eigenvalue weighted by Gasteiger charge is 2.38. The first kappa shape index (κ1) is 20.2. The molecule has 0 aromatic heterocycles. The molecule has 3 nitrogen and oxygen atoms in total. The maximum atomic E-state index is 12.3. The van der Waals surface area contributed by atoms with Gasteiger partial charge >= 0.3 is 0 Å². The SMILES string of the molecule is CCC(CC)/C(C)=C(\C)C1CC1CCNS(=O)(=O)c1ccc(C)cc1. The molecule has 0 bridgehead atoms. The maximum Gasteiger partial charge on any atom is 0.240 e. The summed E-state index contributed by atoms with van der Waals surface area (Å²) in [6.07, 6.45) is 4.53. The Hall–Kier alpha value is -1.13. The Balaban J connectivity index is 1.86. The molecular weight excluding hydrogens is 330 g/mol. The Bertz CT molecular complexity index is 700. The molecule has 1 aliphatic rings. The van der Waals surface area contributed by atoms with Crippen molar-refractivity contribution >= 4 is 10.0 Å². The monoisotopic (exact) mass is 363 g/mol. The van der Waals surface area contributed by atoms with Crippen molar-refractivity contribution in [3.63, 3.8) is 0 Å². The zero-order valence-corrected chi connectivity index (χ0v) is 17.1. The van der Waals surface area contributed by atoms with Gasteiger partial charge < -0.3 is 0 Å². The molecule has 1 aromatic rings. The minimum atomic E-state index is -3.38. The summed E-state index contributed by atoms with van der Waals surface area (Å²) in [4.78, 5) is 0.353. The van der Waals surface area contributed by atoms with E-state index in [2.05, 4.69) is 32.4 Å². The predicted molar refractivity (Wildman–Crippen MR) is 105 cm³/mol. The van der Waals surface area contributed by atoms with Gasteiger partial charge in [-0.05, 0) is 76.3 Å². The Kier molecular flexibility index (Phi) is 6.86. The Morgan fingerprint density at radius 1 is 1.16 bits per heavy atom. The molecule has 1 N–H and O–H groups in total. The lowest BCUT2D eigenvalue weighted by Gasteiger charge is -2.17. The van der Waals surface area contributed by atoms with Gasteiger partial charge in [0.1, 0.15) is 0 Å². The van der Waals surface area contributed by atoms with Gasteiger partial charge in [0.05, 0.1) is 4.90 Å². The molecule has 0 heterocycles. The fourth-order valence-corrected chi connectivity index (χ4v) is 4.84. The van der Waals surface area contributed by atoms with E-state index < -0.39 is 10.0 Å². The first-order chi connectivity index (χ1) is 11.8. The number of aryl methyl sites for hydroxylation is 1. The second-order valence-electron chi connectivity index (χ2n) is 7.48. The van der Waals surface area contributed by atoms with Crippen LogP contribution in [0.15, 0.2) is 40.3 Å². The number of sulfonamides is 1. The van der Waals surface area contributed by atoms with Crippen LogP contribution in [0.1, 0.15) is 58.9 Å². The van der Waals surface area contributed by atoms with Crippen LogP contribution in [0.3, 0.4) is 0 Å². The number of hydrogen-bond acceptors (Lipinski definition) is 2. The Morgan fingerprint density at radius 2 is 1.76 bits per heavy atom. The lowest BCUT2D eigenvalue weighted by atomic mass is 9.89. The van der Waals surface area contributed by atoms with E-state index in [1.165, 1.54) is 19.3 Å². The molecule has 4 heteroatoms. The molecule has 1 aromatic carbocycles. The quantitative estimate of drug-likeness (QED) is 0.622. The summed E-state index contributed by atoms with van der Waals surface area (Å²) < 4.78 is 27.4. The van der Waals surface area contributed by atoms with Crippen LogP contribution in [0.2, 0.25) is 0 Å². The Labute approximate surface area is 154 Å². The smallest absolute Gasteiger partial charge is 0.211 e. The normalized spacial score (nSPS) is 21.4. The van der Waals surface area contributed by atoms with Crippen molar-refractivity contribution in [3.05, 3.63) is 41.0 Å². The topological polar surface area (TPSA) is 46.2 Å². The highest BCUT2D eigenvalue weighted by Crippen LogP contribution is 2.48. The molecule has 1 saturated carbocycles. The Morgan fingerprint density at radius 3 is 2.32 bits per heavy atom. The molecule has 1 aliphatic carbocycles. The van der Waals surface area contributed by atoms with Crippen LogP contribution in [0.4, 0.5) is 0 Å². The second kappa shape index (κ2) is 8.50. The standard InChI is InChI=1S/C21H33NO2S/c1-6-18(7-2)16(4)17(5)21-14-19(21)12-13-22-25(23,24)20-10-8-15(3)9-11-20/h8-11,18-19,21-22H,6-7,12-14H2,1-5H3/b17-16+. The first-order valence-electron chi connectivity index (χ1n) is 9.53. The van der Waals surface area contributed by atoms with E-state index in [1.54, 1.807) is 23.3 Å². The van der Waals surface area contributed by atoms with Crippen molar-refractivity contribution in [3.8, 4) is 0 Å². The van der Waals surface area contributed by atoms with Crippen LogP contribution in [-0.4, -0.2) is 15.0 Å². The summed E-state index contributed by atoms with van der Waals surface area (Å²) in [5.74, 6) is 1.98. The van der Waals surface area contributed by atoms with E-state index in [9.17, 15) is 8.42 Å². The molecule has 2 rings (SSSR count). The van der Waals surface area contributed by atoms with Gasteiger partial charge in [-0.2, -0.15) is 0 Å². The number of hydrogen-bond donors (Lipinski definition) is 1. The summed E-state index contributed by atoms with van der Waals surface area (Å²) >= 11 is 0. The van der Waals surface area contributed by atoms with Crippen LogP contribution in [0.5, 0.6) is 0 Å². The van der Waals surface area contributed by atoms with Crippen LogP contribution in [0.25, 0.3) is 0 Å². The summed E-state index contributed by atoms with van der Waals surface area (Å²) in [5, 5.41) is 0. The molecule has 140 valence electrons. The molecule has 0 radical (unpaired) electrons. The molecule has 0 saturated heterocycles. The van der Waals surface area contributed by atoms with Gasteiger partial charge in [-0.15, -0.1) is 0 Å². The number of benzene rings is 1. The molecule has 1 fully saturated rings. The van der Waals surface area contributed by atoms with E-state index in [-0.39, 0.29) is 0 Å². The third-order valence-electron chi connectivity index (χ3n) is 5.84. The number of nitrogens with one attached hydrogen (secondary N) is 1. The first-order valence-corrected chi connectivity index (χ1v) is 11.0. The highest BCUT2D eigenvalue weighted by atomic mass is 32.2. The lowest BCUT2D eigenvalue weighted by Crippen LogP contribution is -2.25.